The van der Waals surface area contributed by atoms with Crippen molar-refractivity contribution < 1.29 is 66.6 Å². The molecule has 13 nitrogen and oxygen atoms in total. The zero-order chi connectivity index (χ0) is 37.5. The third kappa shape index (κ3) is 7.06. The minimum Gasteiger partial charge on any atom is -0.507 e. The van der Waals surface area contributed by atoms with Gasteiger partial charge in [0, 0.05) is 53.8 Å². The minimum absolute atomic E-state index is 0.0187. The van der Waals surface area contributed by atoms with E-state index in [1.54, 1.807) is 37.3 Å². The standard InChI is InChI=1S/C36H35F3N2O11/c1-3-49-32-17(2)51-24(13-22(32)41-33(46)36(37,38)39)52-23-15-35(48,16-50-34(47)40-18-9-5-4-6-10-18)14-21-25(23)31(45)27-26(30(21)44)28(42)19-11-7-8-12-20(19)29(27)43/h4-12,17,22-24,32,44-45,48H,3,13-16H2,1-2H3,(H,40,47)(H,41,46)/t17-,22+,23+,24+,32+,35?/m1/s1. The number of benzene rings is 3. The predicted octanol–water partition coefficient (Wildman–Crippen LogP) is 4.44. The van der Waals surface area contributed by atoms with Crippen LogP contribution in [-0.4, -0.2) is 88.4 Å². The summed E-state index contributed by atoms with van der Waals surface area (Å²) in [4.78, 5) is 52.0. The van der Waals surface area contributed by atoms with Crippen molar-refractivity contribution in [1.82, 2.24) is 5.32 Å². The largest absolute Gasteiger partial charge is 0.507 e. The van der Waals surface area contributed by atoms with E-state index in [-0.39, 0.29) is 35.3 Å². The summed E-state index contributed by atoms with van der Waals surface area (Å²) in [5, 5.41) is 39.7. The highest BCUT2D eigenvalue weighted by atomic mass is 19.4. The molecule has 3 aromatic rings. The molecule has 6 rings (SSSR count). The van der Waals surface area contributed by atoms with Crippen LogP contribution in [0.5, 0.6) is 11.5 Å². The summed E-state index contributed by atoms with van der Waals surface area (Å²) in [6.07, 6.45) is -12.3. The van der Waals surface area contributed by atoms with Gasteiger partial charge in [-0.05, 0) is 26.0 Å². The van der Waals surface area contributed by atoms with Crippen LogP contribution in [0.4, 0.5) is 23.7 Å². The van der Waals surface area contributed by atoms with Crippen molar-refractivity contribution in [1.29, 1.82) is 0 Å². The smallest absolute Gasteiger partial charge is 0.471 e. The number of nitrogens with one attached hydrogen (secondary N) is 2. The Hall–Kier alpha value is -5.03. The number of ether oxygens (including phenoxy) is 4. The van der Waals surface area contributed by atoms with E-state index in [0.717, 1.165) is 0 Å². The Kier molecular flexibility index (Phi) is 10.0. The molecule has 0 saturated carbocycles. The molecule has 0 spiro atoms. The van der Waals surface area contributed by atoms with E-state index in [0.29, 0.717) is 5.69 Å². The number of rotatable bonds is 8. The quantitative estimate of drug-likeness (QED) is 0.161. The molecule has 3 aliphatic rings. The van der Waals surface area contributed by atoms with E-state index in [2.05, 4.69) is 5.32 Å². The van der Waals surface area contributed by atoms with Crippen molar-refractivity contribution in [3.63, 3.8) is 0 Å². The fraction of sp³-hybridized carbons (Fsp3) is 0.389. The van der Waals surface area contributed by atoms with E-state index in [4.69, 9.17) is 18.9 Å². The van der Waals surface area contributed by atoms with Gasteiger partial charge in [-0.15, -0.1) is 0 Å². The second-order valence-electron chi connectivity index (χ2n) is 12.8. The van der Waals surface area contributed by atoms with Gasteiger partial charge < -0.3 is 39.6 Å². The van der Waals surface area contributed by atoms with E-state index in [9.17, 15) is 47.7 Å². The van der Waals surface area contributed by atoms with E-state index < -0.39 is 108 Å². The van der Waals surface area contributed by atoms with Gasteiger partial charge in [-0.2, -0.15) is 13.2 Å². The Morgan fingerprint density at radius 1 is 0.981 bits per heavy atom. The molecule has 276 valence electrons. The highest BCUT2D eigenvalue weighted by Crippen LogP contribution is 2.52. The van der Waals surface area contributed by atoms with E-state index >= 15 is 0 Å². The Bertz CT molecular complexity index is 1900. The number of carbonyl (C=O) groups is 4. The molecule has 1 heterocycles. The summed E-state index contributed by atoms with van der Waals surface area (Å²) in [5.41, 5.74) is -3.04. The number of aliphatic hydroxyl groups is 1. The zero-order valence-electron chi connectivity index (χ0n) is 27.9. The number of alkyl halides is 3. The Morgan fingerprint density at radius 3 is 2.21 bits per heavy atom. The van der Waals surface area contributed by atoms with E-state index in [1.165, 1.54) is 31.2 Å². The molecule has 3 aromatic carbocycles. The van der Waals surface area contributed by atoms with Crippen molar-refractivity contribution in [2.24, 2.45) is 0 Å². The first-order valence-corrected chi connectivity index (χ1v) is 16.4. The maximum Gasteiger partial charge on any atom is 0.471 e. The summed E-state index contributed by atoms with van der Waals surface area (Å²) >= 11 is 0. The number of halogens is 3. The van der Waals surface area contributed by atoms with Gasteiger partial charge in [0.25, 0.3) is 0 Å². The van der Waals surface area contributed by atoms with Crippen molar-refractivity contribution in [2.45, 2.75) is 75.5 Å². The minimum atomic E-state index is -5.20. The van der Waals surface area contributed by atoms with Crippen LogP contribution in [-0.2, 0) is 30.2 Å². The highest BCUT2D eigenvalue weighted by molar-refractivity contribution is 6.30. The normalized spacial score (nSPS) is 25.4. The lowest BCUT2D eigenvalue weighted by molar-refractivity contribution is -0.257. The first-order valence-electron chi connectivity index (χ1n) is 16.4. The van der Waals surface area contributed by atoms with Crippen LogP contribution in [0.3, 0.4) is 0 Å². The number of para-hydroxylation sites is 1. The van der Waals surface area contributed by atoms with Gasteiger partial charge in [0.05, 0.1) is 29.4 Å². The van der Waals surface area contributed by atoms with Crippen LogP contribution in [0, 0.1) is 0 Å². The third-order valence-electron chi connectivity index (χ3n) is 9.27. The molecule has 2 aliphatic carbocycles. The predicted molar refractivity (Wildman–Crippen MR) is 174 cm³/mol. The fourth-order valence-electron chi connectivity index (χ4n) is 7.01. The van der Waals surface area contributed by atoms with Gasteiger partial charge in [-0.3, -0.25) is 19.7 Å². The summed E-state index contributed by atoms with van der Waals surface area (Å²) in [6, 6.07) is 12.8. The molecule has 1 unspecified atom stereocenters. The van der Waals surface area contributed by atoms with Gasteiger partial charge in [-0.25, -0.2) is 4.79 Å². The first kappa shape index (κ1) is 36.8. The van der Waals surface area contributed by atoms with Gasteiger partial charge in [0.15, 0.2) is 17.9 Å². The molecule has 1 fully saturated rings. The fourth-order valence-corrected chi connectivity index (χ4v) is 7.01. The SMILES string of the molecule is CCO[C@@H]1[C@@H](NC(=O)C(F)(F)F)C[C@H](O[C@H]2CC(O)(COC(=O)Nc3ccccc3)Cc3c(O)c4c(c(O)c32)C(=O)c2ccccc2C4=O)O[C@@H]1C. The zero-order valence-corrected chi connectivity index (χ0v) is 27.9. The van der Waals surface area contributed by atoms with E-state index in [1.807, 2.05) is 5.32 Å². The molecular weight excluding hydrogens is 693 g/mol. The first-order chi connectivity index (χ1) is 24.6. The lowest BCUT2D eigenvalue weighted by Crippen LogP contribution is -2.58. The third-order valence-corrected chi connectivity index (χ3v) is 9.27. The number of aromatic hydroxyl groups is 2. The molecule has 1 aliphatic heterocycles. The molecule has 0 aromatic heterocycles. The van der Waals surface area contributed by atoms with Crippen LogP contribution in [0.25, 0.3) is 0 Å². The molecule has 0 radical (unpaired) electrons. The van der Waals surface area contributed by atoms with Crippen LogP contribution < -0.4 is 10.6 Å². The molecule has 52 heavy (non-hydrogen) atoms. The van der Waals surface area contributed by atoms with Gasteiger partial charge >= 0.3 is 18.2 Å². The molecule has 2 amide bonds. The Balaban J connectivity index is 1.37. The second-order valence-corrected chi connectivity index (χ2v) is 12.8. The van der Waals surface area contributed by atoms with Crippen molar-refractivity contribution in [3.8, 4) is 11.5 Å². The van der Waals surface area contributed by atoms with Gasteiger partial charge in [0.1, 0.15) is 29.8 Å². The number of hydrogen-bond donors (Lipinski definition) is 5. The number of fused-ring (bicyclic) bond motifs is 3. The van der Waals surface area contributed by atoms with Gasteiger partial charge in [0.2, 0.25) is 0 Å². The molecule has 16 heteroatoms. The maximum absolute atomic E-state index is 13.7. The lowest BCUT2D eigenvalue weighted by atomic mass is 9.73. The summed E-state index contributed by atoms with van der Waals surface area (Å²) < 4.78 is 62.9. The second kappa shape index (κ2) is 14.2. The molecule has 1 saturated heterocycles. The molecule has 6 atom stereocenters. The average molecular weight is 729 g/mol. The average Bonchev–Trinajstić information content (AvgIpc) is 3.09. The molecule has 5 N–H and O–H groups in total. The summed E-state index contributed by atoms with van der Waals surface area (Å²) in [7, 11) is 0. The maximum atomic E-state index is 13.7. The van der Waals surface area contributed by atoms with Crippen LogP contribution in [0.2, 0.25) is 0 Å². The Morgan fingerprint density at radius 2 is 1.60 bits per heavy atom. The van der Waals surface area contributed by atoms with Crippen molar-refractivity contribution >= 4 is 29.3 Å². The number of amides is 2. The van der Waals surface area contributed by atoms with Crippen molar-refractivity contribution in [3.05, 3.63) is 88.0 Å². The number of phenols is 2. The van der Waals surface area contributed by atoms with Crippen molar-refractivity contribution in [2.75, 3.05) is 18.5 Å². The topological polar surface area (TPSA) is 190 Å². The molecule has 0 bridgehead atoms. The number of anilines is 1. The van der Waals surface area contributed by atoms with Crippen LogP contribution in [0.15, 0.2) is 54.6 Å². The number of hydrogen-bond acceptors (Lipinski definition) is 11. The number of carbonyl (C=O) groups excluding carboxylic acids is 4. The summed E-state index contributed by atoms with van der Waals surface area (Å²) in [6.45, 7) is 2.50. The summed E-state index contributed by atoms with van der Waals surface area (Å²) in [5.74, 6) is -5.18. The van der Waals surface area contributed by atoms with Gasteiger partial charge in [-0.1, -0.05) is 42.5 Å². The number of ketones is 2. The van der Waals surface area contributed by atoms with Crippen LogP contribution >= 0.6 is 0 Å². The Labute approximate surface area is 294 Å². The van der Waals surface area contributed by atoms with Crippen LogP contribution in [0.1, 0.15) is 75.8 Å². The monoisotopic (exact) mass is 728 g/mol. The molecular formula is C36H35F3N2O11. The lowest BCUT2D eigenvalue weighted by Gasteiger charge is -2.44. The highest BCUT2D eigenvalue weighted by Gasteiger charge is 2.49. The number of phenolic OH excluding ortho intramolecular Hbond substituents is 2.